The monoisotopic (exact) mass is 364 g/mol. The van der Waals surface area contributed by atoms with E-state index in [2.05, 4.69) is 5.32 Å². The predicted molar refractivity (Wildman–Crippen MR) is 97.4 cm³/mol. The van der Waals surface area contributed by atoms with Crippen LogP contribution in [-0.4, -0.2) is 18.4 Å². The Morgan fingerprint density at radius 1 is 1.04 bits per heavy atom. The first-order valence-corrected chi connectivity index (χ1v) is 8.27. The molecule has 0 unspecified atom stereocenters. The van der Waals surface area contributed by atoms with E-state index in [9.17, 15) is 9.59 Å². The van der Waals surface area contributed by atoms with Gasteiger partial charge in [0.25, 0.3) is 0 Å². The molecule has 2 rings (SSSR count). The lowest BCUT2D eigenvalue weighted by atomic mass is 10.2. The largest absolute Gasteiger partial charge is 0.352 e. The number of carbonyl (C=O) groups is 2. The average molecular weight is 365 g/mol. The molecule has 0 aliphatic rings. The van der Waals surface area contributed by atoms with Gasteiger partial charge in [0.15, 0.2) is 0 Å². The summed E-state index contributed by atoms with van der Waals surface area (Å²) in [4.78, 5) is 25.4. The minimum absolute atomic E-state index is 0.136. The fraction of sp³-hybridized carbons (Fsp3) is 0.222. The molecule has 6 heteroatoms. The van der Waals surface area contributed by atoms with Crippen LogP contribution in [0.15, 0.2) is 48.5 Å². The highest BCUT2D eigenvalue weighted by molar-refractivity contribution is 6.44. The van der Waals surface area contributed by atoms with Gasteiger partial charge in [-0.1, -0.05) is 59.6 Å². The van der Waals surface area contributed by atoms with Gasteiger partial charge in [-0.3, -0.25) is 9.59 Å². The molecule has 0 bridgehead atoms. The van der Waals surface area contributed by atoms with E-state index in [1.165, 1.54) is 11.8 Å². The predicted octanol–water partition coefficient (Wildman–Crippen LogP) is 4.05. The van der Waals surface area contributed by atoms with Crippen molar-refractivity contribution in [2.75, 3.05) is 11.4 Å². The molecular weight excluding hydrogens is 347 g/mol. The van der Waals surface area contributed by atoms with Crippen molar-refractivity contribution in [2.24, 2.45) is 0 Å². The van der Waals surface area contributed by atoms with E-state index in [1.54, 1.807) is 18.2 Å². The normalized spacial score (nSPS) is 10.3. The Labute approximate surface area is 151 Å². The first-order valence-electron chi connectivity index (χ1n) is 7.52. The van der Waals surface area contributed by atoms with Gasteiger partial charge in [-0.2, -0.15) is 0 Å². The van der Waals surface area contributed by atoms with Crippen LogP contribution in [0.3, 0.4) is 0 Å². The first kappa shape index (κ1) is 18.3. The third-order valence-corrected chi connectivity index (χ3v) is 4.31. The molecular formula is C18H18Cl2N2O2. The number of halogens is 2. The van der Waals surface area contributed by atoms with Crippen LogP contribution in [0.25, 0.3) is 0 Å². The van der Waals surface area contributed by atoms with Gasteiger partial charge in [0.1, 0.15) is 0 Å². The summed E-state index contributed by atoms with van der Waals surface area (Å²) < 4.78 is 0. The van der Waals surface area contributed by atoms with Crippen molar-refractivity contribution in [1.29, 1.82) is 0 Å². The van der Waals surface area contributed by atoms with Crippen LogP contribution in [0.2, 0.25) is 10.0 Å². The molecule has 0 saturated carbocycles. The maximum atomic E-state index is 12.0. The Morgan fingerprint density at radius 3 is 2.42 bits per heavy atom. The van der Waals surface area contributed by atoms with E-state index < -0.39 is 0 Å². The molecule has 0 saturated heterocycles. The van der Waals surface area contributed by atoms with E-state index >= 15 is 0 Å². The van der Waals surface area contributed by atoms with Crippen molar-refractivity contribution in [3.8, 4) is 0 Å². The molecule has 2 aromatic carbocycles. The minimum atomic E-state index is -0.199. The Bertz CT molecular complexity index is 720. The highest BCUT2D eigenvalue weighted by Crippen LogP contribution is 2.32. The molecule has 2 amide bonds. The van der Waals surface area contributed by atoms with E-state index in [-0.39, 0.29) is 24.8 Å². The summed E-state index contributed by atoms with van der Waals surface area (Å²) in [5.41, 5.74) is 1.53. The van der Waals surface area contributed by atoms with Crippen LogP contribution in [-0.2, 0) is 16.1 Å². The fourth-order valence-corrected chi connectivity index (χ4v) is 2.64. The number of carbonyl (C=O) groups excluding carboxylic acids is 2. The maximum Gasteiger partial charge on any atom is 0.223 e. The number of rotatable bonds is 6. The lowest BCUT2D eigenvalue weighted by molar-refractivity contribution is -0.121. The third-order valence-electron chi connectivity index (χ3n) is 3.50. The van der Waals surface area contributed by atoms with Gasteiger partial charge in [-0.15, -0.1) is 0 Å². The molecule has 2 aromatic rings. The van der Waals surface area contributed by atoms with Gasteiger partial charge < -0.3 is 10.2 Å². The molecule has 0 fully saturated rings. The molecule has 0 aliphatic carbocycles. The molecule has 0 spiro atoms. The van der Waals surface area contributed by atoms with Gasteiger partial charge in [-0.05, 0) is 17.7 Å². The summed E-state index contributed by atoms with van der Waals surface area (Å²) in [6.45, 7) is 2.12. The van der Waals surface area contributed by atoms with Crippen molar-refractivity contribution in [3.63, 3.8) is 0 Å². The second-order valence-electron chi connectivity index (χ2n) is 5.26. The Balaban J connectivity index is 1.95. The molecule has 126 valence electrons. The summed E-state index contributed by atoms with van der Waals surface area (Å²) >= 11 is 12.2. The van der Waals surface area contributed by atoms with Crippen molar-refractivity contribution in [1.82, 2.24) is 5.32 Å². The lowest BCUT2D eigenvalue weighted by Gasteiger charge is -2.22. The van der Waals surface area contributed by atoms with Crippen molar-refractivity contribution in [3.05, 3.63) is 64.1 Å². The minimum Gasteiger partial charge on any atom is -0.352 e. The first-order chi connectivity index (χ1) is 11.5. The quantitative estimate of drug-likeness (QED) is 0.840. The molecule has 24 heavy (non-hydrogen) atoms. The average Bonchev–Trinajstić information content (AvgIpc) is 2.57. The highest BCUT2D eigenvalue weighted by atomic mass is 35.5. The Hall–Kier alpha value is -2.04. The van der Waals surface area contributed by atoms with E-state index in [1.807, 2.05) is 30.3 Å². The van der Waals surface area contributed by atoms with Crippen LogP contribution in [0.1, 0.15) is 18.9 Å². The number of nitrogens with one attached hydrogen (secondary N) is 1. The van der Waals surface area contributed by atoms with E-state index in [0.717, 1.165) is 5.56 Å². The fourth-order valence-electron chi connectivity index (χ4n) is 2.25. The second kappa shape index (κ2) is 8.71. The Morgan fingerprint density at radius 2 is 1.75 bits per heavy atom. The molecule has 4 nitrogen and oxygen atoms in total. The number of hydrogen-bond acceptors (Lipinski definition) is 2. The van der Waals surface area contributed by atoms with Crippen LogP contribution in [0.4, 0.5) is 5.69 Å². The summed E-state index contributed by atoms with van der Waals surface area (Å²) in [6, 6.07) is 14.7. The number of hydrogen-bond donors (Lipinski definition) is 1. The SMILES string of the molecule is CC(=O)N(CCC(=O)NCc1ccccc1)c1cccc(Cl)c1Cl. The third kappa shape index (κ3) is 4.98. The number of anilines is 1. The van der Waals surface area contributed by atoms with Crippen LogP contribution in [0.5, 0.6) is 0 Å². The van der Waals surface area contributed by atoms with Gasteiger partial charge >= 0.3 is 0 Å². The number of benzene rings is 2. The lowest BCUT2D eigenvalue weighted by Crippen LogP contribution is -2.34. The van der Waals surface area contributed by atoms with Crippen LogP contribution < -0.4 is 10.2 Å². The summed E-state index contributed by atoms with van der Waals surface area (Å²) in [5.74, 6) is -0.335. The zero-order chi connectivity index (χ0) is 17.5. The van der Waals surface area contributed by atoms with Crippen molar-refractivity contribution >= 4 is 40.7 Å². The van der Waals surface area contributed by atoms with Crippen LogP contribution in [0, 0.1) is 0 Å². The second-order valence-corrected chi connectivity index (χ2v) is 6.04. The molecule has 0 radical (unpaired) electrons. The zero-order valence-corrected chi connectivity index (χ0v) is 14.8. The van der Waals surface area contributed by atoms with E-state index in [0.29, 0.717) is 22.3 Å². The van der Waals surface area contributed by atoms with Crippen LogP contribution >= 0.6 is 23.2 Å². The maximum absolute atomic E-state index is 12.0. The van der Waals surface area contributed by atoms with Gasteiger partial charge in [-0.25, -0.2) is 0 Å². The molecule has 0 aromatic heterocycles. The summed E-state index contributed by atoms with van der Waals surface area (Å²) in [5, 5.41) is 3.51. The molecule has 0 aliphatic heterocycles. The summed E-state index contributed by atoms with van der Waals surface area (Å²) in [7, 11) is 0. The molecule has 0 heterocycles. The standard InChI is InChI=1S/C18H18Cl2N2O2/c1-13(23)22(16-9-5-8-15(19)18(16)20)11-10-17(24)21-12-14-6-3-2-4-7-14/h2-9H,10-12H2,1H3,(H,21,24). The highest BCUT2D eigenvalue weighted by Gasteiger charge is 2.17. The topological polar surface area (TPSA) is 49.4 Å². The molecule has 1 N–H and O–H groups in total. The molecule has 0 atom stereocenters. The summed E-state index contributed by atoms with van der Waals surface area (Å²) in [6.07, 6.45) is 0.176. The van der Waals surface area contributed by atoms with Crippen molar-refractivity contribution < 1.29 is 9.59 Å². The van der Waals surface area contributed by atoms with Crippen molar-refractivity contribution in [2.45, 2.75) is 19.9 Å². The van der Waals surface area contributed by atoms with Gasteiger partial charge in [0.2, 0.25) is 11.8 Å². The number of amides is 2. The van der Waals surface area contributed by atoms with Gasteiger partial charge in [0.05, 0.1) is 15.7 Å². The number of nitrogens with zero attached hydrogens (tertiary/aromatic N) is 1. The Kier molecular flexibility index (Phi) is 6.64. The zero-order valence-electron chi connectivity index (χ0n) is 13.3. The van der Waals surface area contributed by atoms with E-state index in [4.69, 9.17) is 23.2 Å². The van der Waals surface area contributed by atoms with Gasteiger partial charge in [0, 0.05) is 26.4 Å². The smallest absolute Gasteiger partial charge is 0.223 e.